The van der Waals surface area contributed by atoms with Gasteiger partial charge in [0.05, 0.1) is 56.0 Å². The second-order valence-corrected chi connectivity index (χ2v) is 19.2. The highest BCUT2D eigenvalue weighted by Gasteiger charge is 2.61. The van der Waals surface area contributed by atoms with E-state index in [-0.39, 0.29) is 35.3 Å². The maximum atomic E-state index is 14.7. The van der Waals surface area contributed by atoms with Crippen molar-refractivity contribution < 1.29 is 100.0 Å². The van der Waals surface area contributed by atoms with E-state index in [9.17, 15) is 43.2 Å². The monoisotopic (exact) mass is 1170 g/mol. The van der Waals surface area contributed by atoms with Crippen LogP contribution >= 0.6 is 0 Å². The van der Waals surface area contributed by atoms with Gasteiger partial charge in [-0.25, -0.2) is 19.2 Å². The van der Waals surface area contributed by atoms with E-state index in [4.69, 9.17) is 63.3 Å². The number of ether oxygens (including phenoxy) is 12. The molecule has 5 aromatic rings. The van der Waals surface area contributed by atoms with E-state index in [0.717, 1.165) is 34.8 Å². The molecule has 0 unspecified atom stereocenters. The lowest BCUT2D eigenvalue weighted by Crippen LogP contribution is -2.70. The third-order valence-corrected chi connectivity index (χ3v) is 12.9. The summed E-state index contributed by atoms with van der Waals surface area (Å²) in [6.07, 6.45) is -11.4. The molecule has 7 rings (SSSR count). The highest BCUT2D eigenvalue weighted by atomic mass is 16.8. The fraction of sp³-hybridized carbons (Fsp3) is 0.339. The normalized spacial score (nSPS) is 22.2. The second kappa shape index (κ2) is 30.2. The first-order valence-corrected chi connectivity index (χ1v) is 26.7. The molecule has 0 bridgehead atoms. The molecule has 23 nitrogen and oxygen atoms in total. The van der Waals surface area contributed by atoms with E-state index in [2.05, 4.69) is 16.6 Å². The molecule has 0 aromatic heterocycles. The second-order valence-electron chi connectivity index (χ2n) is 19.2. The van der Waals surface area contributed by atoms with Gasteiger partial charge in [-0.2, -0.15) is 0 Å². The van der Waals surface area contributed by atoms with Gasteiger partial charge in [-0.15, -0.1) is 12.3 Å². The minimum absolute atomic E-state index is 0.00103. The maximum absolute atomic E-state index is 14.7. The summed E-state index contributed by atoms with van der Waals surface area (Å²) in [5.74, 6) is -8.37. The molecule has 2 amide bonds. The third-order valence-electron chi connectivity index (χ3n) is 12.9. The predicted molar refractivity (Wildman–Crippen MR) is 295 cm³/mol. The molecule has 2 N–H and O–H groups in total. The largest absolute Gasteiger partial charge is 0.465 e. The van der Waals surface area contributed by atoms with Crippen LogP contribution in [0.1, 0.15) is 82.0 Å². The first kappa shape index (κ1) is 63.1. The number of carbonyl (C=O) groups is 9. The molecule has 5 aromatic carbocycles. The Bertz CT molecular complexity index is 3180. The number of nitrogens with one attached hydrogen (secondary N) is 2. The van der Waals surface area contributed by atoms with Crippen LogP contribution in [0.3, 0.4) is 0 Å². The quantitative estimate of drug-likeness (QED) is 0.0328. The Morgan fingerprint density at radius 2 is 1.16 bits per heavy atom. The van der Waals surface area contributed by atoms with Crippen molar-refractivity contribution in [3.05, 3.63) is 168 Å². The number of amides is 2. The zero-order chi connectivity index (χ0) is 61.0. The fourth-order valence-electron chi connectivity index (χ4n) is 9.29. The van der Waals surface area contributed by atoms with Crippen molar-refractivity contribution in [1.82, 2.24) is 10.6 Å². The Hall–Kier alpha value is -9.47. The van der Waals surface area contributed by atoms with Crippen molar-refractivity contribution in [2.24, 2.45) is 0 Å². The Morgan fingerprint density at radius 3 is 1.69 bits per heavy atom. The standard InChI is InChI=1S/C62H62N2O21/c1-7-8-32-75-60-55(84-59(72)43-26-17-11-18-27-43)54(83-58(71)42-24-15-10-16-25-42)52(82-57(70)41-22-13-9-14-23-41)49(81-60)36-76-62(61(73)74-6)34-47(77-38(3)66)50(64-37(2)65)53(85-62)51(79-40(5)68)48(78-39(4)67)35-63-56(69)44-28-21-31-46(33-44)80-45-29-19-12-20-30-45/h1,9-31,33,47-55,60H,8,32,34-36H2,2-6H3,(H,63,69)(H,64,65)/t47-,48+,49+,50+,51+,52-,53+,54-,55+,60+,62+/m0/s1. The number of benzene rings is 5. The summed E-state index contributed by atoms with van der Waals surface area (Å²) >= 11 is 0. The smallest absolute Gasteiger partial charge is 0.366 e. The number of rotatable bonds is 24. The van der Waals surface area contributed by atoms with Crippen molar-refractivity contribution in [3.63, 3.8) is 0 Å². The van der Waals surface area contributed by atoms with Gasteiger partial charge in [0.15, 0.2) is 36.8 Å². The van der Waals surface area contributed by atoms with Crippen LogP contribution in [0.15, 0.2) is 146 Å². The van der Waals surface area contributed by atoms with Gasteiger partial charge in [0.1, 0.15) is 29.8 Å². The van der Waals surface area contributed by atoms with Crippen molar-refractivity contribution in [1.29, 1.82) is 0 Å². The van der Waals surface area contributed by atoms with Crippen LogP contribution in [0.4, 0.5) is 0 Å². The number of methoxy groups -OCH3 is 1. The van der Waals surface area contributed by atoms with Gasteiger partial charge in [0.2, 0.25) is 5.91 Å². The van der Waals surface area contributed by atoms with Gasteiger partial charge >= 0.3 is 41.8 Å². The lowest BCUT2D eigenvalue weighted by molar-refractivity contribution is -0.338. The molecular weight excluding hydrogens is 1110 g/mol. The molecule has 0 saturated carbocycles. The molecule has 2 fully saturated rings. The Kier molecular flexibility index (Phi) is 22.4. The molecule has 2 saturated heterocycles. The van der Waals surface area contributed by atoms with Crippen molar-refractivity contribution in [2.75, 3.05) is 26.9 Å². The van der Waals surface area contributed by atoms with E-state index < -0.39 is 140 Å². The molecule has 11 atom stereocenters. The fourth-order valence-corrected chi connectivity index (χ4v) is 9.29. The van der Waals surface area contributed by atoms with Gasteiger partial charge in [0.25, 0.3) is 11.7 Å². The Morgan fingerprint density at radius 1 is 0.635 bits per heavy atom. The summed E-state index contributed by atoms with van der Waals surface area (Å²) in [5.41, 5.74) is 0.145. The number of terminal acetylenes is 1. The van der Waals surface area contributed by atoms with Crippen LogP contribution in [0.2, 0.25) is 0 Å². The number of para-hydroxylation sites is 1. The van der Waals surface area contributed by atoms with Gasteiger partial charge in [-0.1, -0.05) is 78.9 Å². The van der Waals surface area contributed by atoms with Gasteiger partial charge in [-0.05, 0) is 66.7 Å². The average Bonchev–Trinajstić information content (AvgIpc) is 2.47. The summed E-state index contributed by atoms with van der Waals surface area (Å²) in [4.78, 5) is 124. The van der Waals surface area contributed by atoms with E-state index in [0.29, 0.717) is 11.5 Å². The average molecular weight is 1170 g/mol. The summed E-state index contributed by atoms with van der Waals surface area (Å²) < 4.78 is 72.8. The van der Waals surface area contributed by atoms with Crippen LogP contribution < -0.4 is 15.4 Å². The van der Waals surface area contributed by atoms with E-state index in [1.807, 2.05) is 0 Å². The molecule has 0 radical (unpaired) electrons. The predicted octanol–water partition coefficient (Wildman–Crippen LogP) is 5.62. The molecule has 85 heavy (non-hydrogen) atoms. The lowest BCUT2D eigenvalue weighted by atomic mass is 9.87. The molecule has 2 aliphatic heterocycles. The molecule has 0 aliphatic carbocycles. The molecule has 2 aliphatic rings. The van der Waals surface area contributed by atoms with Crippen molar-refractivity contribution in [3.8, 4) is 23.8 Å². The van der Waals surface area contributed by atoms with Crippen molar-refractivity contribution >= 4 is 53.6 Å². The Balaban J connectivity index is 1.31. The van der Waals surface area contributed by atoms with E-state index in [1.165, 1.54) is 48.5 Å². The number of esters is 7. The first-order chi connectivity index (χ1) is 40.9. The molecule has 0 spiro atoms. The van der Waals surface area contributed by atoms with Gasteiger partial charge in [-0.3, -0.25) is 24.0 Å². The number of carbonyl (C=O) groups excluding carboxylic acids is 9. The molecular formula is C62H62N2O21. The van der Waals surface area contributed by atoms with Gasteiger partial charge in [0, 0.05) is 39.7 Å². The SMILES string of the molecule is C#CCCO[C@@H]1O[C@H](CO[C@]2(C(=O)OC)C[C@H](OC(C)=O)[C@@H](NC(C)=O)[C@H]([C@H](OC(C)=O)[C@@H](CNC(=O)c3cccc(Oc4ccccc4)c3)OC(C)=O)O2)[C@H](OC(=O)c2ccccc2)[C@H](OC(=O)c2ccccc2)[C@H]1OC(=O)c1ccccc1. The topological polar surface area (TPSA) is 288 Å². The highest BCUT2D eigenvalue weighted by Crippen LogP contribution is 2.39. The van der Waals surface area contributed by atoms with E-state index in [1.54, 1.807) is 97.1 Å². The lowest BCUT2D eigenvalue weighted by Gasteiger charge is -2.49. The van der Waals surface area contributed by atoms with Crippen LogP contribution in [0.25, 0.3) is 0 Å². The highest BCUT2D eigenvalue weighted by molar-refractivity contribution is 5.95. The summed E-state index contributed by atoms with van der Waals surface area (Å²) in [5, 5.41) is 5.28. The van der Waals surface area contributed by atoms with Crippen LogP contribution in [-0.4, -0.2) is 147 Å². The number of hydrogen-bond acceptors (Lipinski definition) is 21. The first-order valence-electron chi connectivity index (χ1n) is 26.7. The van der Waals surface area contributed by atoms with Gasteiger partial charge < -0.3 is 67.5 Å². The van der Waals surface area contributed by atoms with Crippen LogP contribution in [0, 0.1) is 12.3 Å². The van der Waals surface area contributed by atoms with Crippen LogP contribution in [0.5, 0.6) is 11.5 Å². The summed E-state index contributed by atoms with van der Waals surface area (Å²) in [6.45, 7) is 2.30. The minimum atomic E-state index is -2.85. The van der Waals surface area contributed by atoms with E-state index >= 15 is 0 Å². The molecule has 446 valence electrons. The van der Waals surface area contributed by atoms with Crippen LogP contribution in [-0.2, 0) is 76.1 Å². The summed E-state index contributed by atoms with van der Waals surface area (Å²) in [6, 6.07) is 36.2. The zero-order valence-corrected chi connectivity index (χ0v) is 46.8. The minimum Gasteiger partial charge on any atom is -0.465 e. The molecule has 2 heterocycles. The zero-order valence-electron chi connectivity index (χ0n) is 46.8. The maximum Gasteiger partial charge on any atom is 0.366 e. The molecule has 23 heteroatoms. The Labute approximate surface area is 488 Å². The summed E-state index contributed by atoms with van der Waals surface area (Å²) in [7, 11) is 0.953. The third kappa shape index (κ3) is 17.3. The number of hydrogen-bond donors (Lipinski definition) is 2. The van der Waals surface area contributed by atoms with Crippen molar-refractivity contribution in [2.45, 2.75) is 107 Å².